The predicted octanol–water partition coefficient (Wildman–Crippen LogP) is 2.66. The van der Waals surface area contributed by atoms with E-state index in [1.54, 1.807) is 16.0 Å². The first-order valence-corrected chi connectivity index (χ1v) is 10.5. The molecule has 0 radical (unpaired) electrons. The van der Waals surface area contributed by atoms with E-state index in [1.807, 2.05) is 47.5 Å². The molecule has 3 heterocycles. The van der Waals surface area contributed by atoms with Gasteiger partial charge in [0.2, 0.25) is 6.23 Å². The topological polar surface area (TPSA) is 98.1 Å². The largest absolute Gasteiger partial charge is 0.463 e. The number of tetrazole rings is 1. The van der Waals surface area contributed by atoms with Crippen LogP contribution in [0.1, 0.15) is 42.6 Å². The highest BCUT2D eigenvalue weighted by molar-refractivity contribution is 7.09. The van der Waals surface area contributed by atoms with Gasteiger partial charge < -0.3 is 15.0 Å². The maximum atomic E-state index is 12.0. The second-order valence-corrected chi connectivity index (χ2v) is 7.67. The van der Waals surface area contributed by atoms with Gasteiger partial charge in [-0.15, -0.1) is 16.4 Å². The van der Waals surface area contributed by atoms with Crippen molar-refractivity contribution in [3.05, 3.63) is 52.7 Å². The third-order valence-corrected chi connectivity index (χ3v) is 5.87. The number of likely N-dealkylation sites (tertiary alicyclic amines) is 1. The summed E-state index contributed by atoms with van der Waals surface area (Å²) < 4.78 is 7.68. The van der Waals surface area contributed by atoms with E-state index in [-0.39, 0.29) is 6.03 Å². The van der Waals surface area contributed by atoms with Crippen molar-refractivity contribution < 1.29 is 9.53 Å². The lowest BCUT2D eigenvalue weighted by Crippen LogP contribution is -2.44. The first-order valence-electron chi connectivity index (χ1n) is 9.67. The fraction of sp³-hybridized carbons (Fsp3) is 0.421. The van der Waals surface area contributed by atoms with Gasteiger partial charge in [0, 0.05) is 30.9 Å². The minimum atomic E-state index is -0.534. The fourth-order valence-corrected chi connectivity index (χ4v) is 4.34. The highest BCUT2D eigenvalue weighted by Gasteiger charge is 2.27. The molecular weight excluding hydrogens is 390 g/mol. The second-order valence-electron chi connectivity index (χ2n) is 6.78. The van der Waals surface area contributed by atoms with Gasteiger partial charge in [0.15, 0.2) is 0 Å². The molecule has 0 saturated carbocycles. The van der Waals surface area contributed by atoms with Crippen molar-refractivity contribution in [2.24, 2.45) is 0 Å². The number of thiazole rings is 1. The Labute approximate surface area is 172 Å². The van der Waals surface area contributed by atoms with Crippen LogP contribution in [0.25, 0.3) is 0 Å². The Bertz CT molecular complexity index is 908. The van der Waals surface area contributed by atoms with E-state index in [1.165, 1.54) is 6.33 Å². The van der Waals surface area contributed by atoms with E-state index < -0.39 is 6.23 Å². The summed E-state index contributed by atoms with van der Waals surface area (Å²) in [6.07, 6.45) is 2.79. The van der Waals surface area contributed by atoms with Gasteiger partial charge in [-0.25, -0.2) is 9.78 Å². The molecule has 10 heteroatoms. The van der Waals surface area contributed by atoms with Crippen LogP contribution in [-0.2, 0) is 0 Å². The molecular formula is C19H23N7O2S. The van der Waals surface area contributed by atoms with Crippen LogP contribution in [0.15, 0.2) is 42.0 Å². The molecule has 0 bridgehead atoms. The van der Waals surface area contributed by atoms with Crippen LogP contribution in [0.3, 0.4) is 0 Å². The van der Waals surface area contributed by atoms with E-state index >= 15 is 0 Å². The summed E-state index contributed by atoms with van der Waals surface area (Å²) >= 11 is 1.62. The van der Waals surface area contributed by atoms with Crippen molar-refractivity contribution in [2.75, 3.05) is 19.6 Å². The van der Waals surface area contributed by atoms with Crippen molar-refractivity contribution in [2.45, 2.75) is 31.9 Å². The molecule has 1 saturated heterocycles. The van der Waals surface area contributed by atoms with Crippen LogP contribution >= 0.6 is 11.3 Å². The number of carbonyl (C=O) groups is 1. The molecule has 0 spiro atoms. The number of urea groups is 1. The van der Waals surface area contributed by atoms with Gasteiger partial charge in [-0.3, -0.25) is 0 Å². The molecule has 1 aliphatic rings. The summed E-state index contributed by atoms with van der Waals surface area (Å²) in [4.78, 5) is 18.7. The average molecular weight is 414 g/mol. The molecule has 1 aliphatic heterocycles. The van der Waals surface area contributed by atoms with Crippen molar-refractivity contribution >= 4 is 17.4 Å². The Morgan fingerprint density at radius 2 is 2.10 bits per heavy atom. The van der Waals surface area contributed by atoms with Gasteiger partial charge in [0.25, 0.3) is 0 Å². The fourth-order valence-electron chi connectivity index (χ4n) is 3.35. The number of para-hydroxylation sites is 1. The van der Waals surface area contributed by atoms with Crippen molar-refractivity contribution in [3.63, 3.8) is 0 Å². The number of aromatic nitrogens is 5. The maximum absolute atomic E-state index is 12.0. The minimum absolute atomic E-state index is 0.0146. The highest BCUT2D eigenvalue weighted by atomic mass is 32.1. The van der Waals surface area contributed by atoms with E-state index in [2.05, 4.69) is 20.8 Å². The molecule has 1 aromatic carbocycles. The minimum Gasteiger partial charge on any atom is -0.463 e. The lowest BCUT2D eigenvalue weighted by Gasteiger charge is -2.31. The summed E-state index contributed by atoms with van der Waals surface area (Å²) in [5, 5.41) is 17.4. The molecule has 1 fully saturated rings. The summed E-state index contributed by atoms with van der Waals surface area (Å²) in [5.41, 5.74) is 0.771. The summed E-state index contributed by atoms with van der Waals surface area (Å²) in [6, 6.07) is 9.57. The smallest absolute Gasteiger partial charge is 0.317 e. The lowest BCUT2D eigenvalue weighted by atomic mass is 9.98. The Morgan fingerprint density at radius 1 is 1.31 bits per heavy atom. The number of benzene rings is 1. The van der Waals surface area contributed by atoms with Gasteiger partial charge in [-0.2, -0.15) is 4.68 Å². The second kappa shape index (κ2) is 8.99. The van der Waals surface area contributed by atoms with Gasteiger partial charge in [-0.1, -0.05) is 18.2 Å². The van der Waals surface area contributed by atoms with Crippen LogP contribution in [0.5, 0.6) is 5.75 Å². The quantitative estimate of drug-likeness (QED) is 0.667. The number of hydrogen-bond acceptors (Lipinski definition) is 7. The first-order chi connectivity index (χ1) is 14.2. The predicted molar refractivity (Wildman–Crippen MR) is 108 cm³/mol. The highest BCUT2D eigenvalue weighted by Crippen LogP contribution is 2.32. The average Bonchev–Trinajstić information content (AvgIpc) is 3.46. The molecule has 3 aromatic rings. The molecule has 2 amide bonds. The van der Waals surface area contributed by atoms with E-state index in [0.717, 1.165) is 42.4 Å². The molecule has 9 nitrogen and oxygen atoms in total. The van der Waals surface area contributed by atoms with E-state index in [9.17, 15) is 4.79 Å². The summed E-state index contributed by atoms with van der Waals surface area (Å²) in [7, 11) is 0. The molecule has 29 heavy (non-hydrogen) atoms. The maximum Gasteiger partial charge on any atom is 0.317 e. The monoisotopic (exact) mass is 413 g/mol. The zero-order chi connectivity index (χ0) is 20.1. The first kappa shape index (κ1) is 19.3. The Hall–Kier alpha value is -3.01. The third kappa shape index (κ3) is 4.53. The van der Waals surface area contributed by atoms with Crippen molar-refractivity contribution in [3.8, 4) is 5.75 Å². The molecule has 1 unspecified atom stereocenters. The van der Waals surface area contributed by atoms with Crippen molar-refractivity contribution in [1.82, 2.24) is 35.4 Å². The zero-order valence-corrected chi connectivity index (χ0v) is 17.0. The Balaban J connectivity index is 1.47. The lowest BCUT2D eigenvalue weighted by molar-refractivity contribution is 0.152. The molecule has 152 valence electrons. The van der Waals surface area contributed by atoms with Gasteiger partial charge >= 0.3 is 6.03 Å². The summed E-state index contributed by atoms with van der Waals surface area (Å²) in [5.74, 6) is 1.06. The number of amides is 2. The number of nitrogens with zero attached hydrogens (tertiary/aromatic N) is 6. The number of rotatable bonds is 6. The zero-order valence-electron chi connectivity index (χ0n) is 16.1. The Kier molecular flexibility index (Phi) is 5.99. The number of hydrogen-bond donors (Lipinski definition) is 1. The van der Waals surface area contributed by atoms with Crippen LogP contribution < -0.4 is 10.1 Å². The molecule has 4 rings (SSSR count). The van der Waals surface area contributed by atoms with Crippen LogP contribution in [0.4, 0.5) is 4.79 Å². The molecule has 0 aliphatic carbocycles. The van der Waals surface area contributed by atoms with E-state index in [0.29, 0.717) is 12.5 Å². The molecule has 1 N–H and O–H groups in total. The standard InChI is InChI=1S/C19H23N7O2S/c1-2-20-19(27)25-10-8-14(9-11-25)17-22-16(12-29-17)18(26-13-21-23-24-26)28-15-6-4-3-5-7-15/h3-7,12-14,18H,2,8-11H2,1H3,(H,20,27). The number of nitrogens with one attached hydrogen (secondary N) is 1. The summed E-state index contributed by atoms with van der Waals surface area (Å²) in [6.45, 7) is 4.06. The number of carbonyl (C=O) groups excluding carboxylic acids is 1. The SMILES string of the molecule is CCNC(=O)N1CCC(c2nc(C(Oc3ccccc3)n3cnnn3)cs2)CC1. The van der Waals surface area contributed by atoms with Crippen LogP contribution in [-0.4, -0.2) is 55.8 Å². The molecule has 2 aromatic heterocycles. The van der Waals surface area contributed by atoms with Gasteiger partial charge in [-0.05, 0) is 42.3 Å². The van der Waals surface area contributed by atoms with E-state index in [4.69, 9.17) is 9.72 Å². The molecule has 1 atom stereocenters. The van der Waals surface area contributed by atoms with Crippen LogP contribution in [0.2, 0.25) is 0 Å². The van der Waals surface area contributed by atoms with Crippen LogP contribution in [0, 0.1) is 0 Å². The Morgan fingerprint density at radius 3 is 2.79 bits per heavy atom. The number of ether oxygens (including phenoxy) is 1. The number of piperidine rings is 1. The third-order valence-electron chi connectivity index (χ3n) is 4.85. The van der Waals surface area contributed by atoms with Crippen molar-refractivity contribution in [1.29, 1.82) is 0 Å². The normalized spacial score (nSPS) is 15.8. The van der Waals surface area contributed by atoms with Gasteiger partial charge in [0.05, 0.1) is 5.01 Å². The van der Waals surface area contributed by atoms with Gasteiger partial charge in [0.1, 0.15) is 17.8 Å².